The second-order valence-electron chi connectivity index (χ2n) is 4.28. The van der Waals surface area contributed by atoms with E-state index in [1.165, 1.54) is 24.3 Å². The number of amides is 1. The third-order valence-electron chi connectivity index (χ3n) is 2.82. The second kappa shape index (κ2) is 6.34. The SMILES string of the molecule is CCc1onc(C)c1C(=O)Nc1ccc(OC(F)F)cc1. The zero-order chi connectivity index (χ0) is 15.4. The highest BCUT2D eigenvalue weighted by Gasteiger charge is 2.19. The lowest BCUT2D eigenvalue weighted by Crippen LogP contribution is -2.14. The molecule has 0 atom stereocenters. The van der Waals surface area contributed by atoms with Crippen molar-refractivity contribution >= 4 is 11.6 Å². The van der Waals surface area contributed by atoms with Crippen LogP contribution in [0.2, 0.25) is 0 Å². The van der Waals surface area contributed by atoms with E-state index in [4.69, 9.17) is 4.52 Å². The van der Waals surface area contributed by atoms with Crippen molar-refractivity contribution in [2.24, 2.45) is 0 Å². The van der Waals surface area contributed by atoms with E-state index in [0.717, 1.165) is 0 Å². The number of nitrogens with zero attached hydrogens (tertiary/aromatic N) is 1. The van der Waals surface area contributed by atoms with Crippen LogP contribution in [-0.4, -0.2) is 17.7 Å². The van der Waals surface area contributed by atoms with Gasteiger partial charge in [0.1, 0.15) is 17.1 Å². The molecule has 2 rings (SSSR count). The summed E-state index contributed by atoms with van der Waals surface area (Å²) in [7, 11) is 0. The number of halogens is 2. The van der Waals surface area contributed by atoms with Crippen LogP contribution in [0.1, 0.15) is 28.7 Å². The lowest BCUT2D eigenvalue weighted by Gasteiger charge is -2.07. The maximum Gasteiger partial charge on any atom is 0.387 e. The molecule has 0 saturated heterocycles. The Kier molecular flexibility index (Phi) is 4.52. The van der Waals surface area contributed by atoms with E-state index in [1.807, 2.05) is 6.92 Å². The van der Waals surface area contributed by atoms with Gasteiger partial charge in [-0.2, -0.15) is 8.78 Å². The first kappa shape index (κ1) is 15.0. The van der Waals surface area contributed by atoms with Gasteiger partial charge in [-0.25, -0.2) is 0 Å². The maximum absolute atomic E-state index is 12.2. The highest BCUT2D eigenvalue weighted by atomic mass is 19.3. The van der Waals surface area contributed by atoms with Gasteiger partial charge in [0.05, 0.1) is 5.69 Å². The number of hydrogen-bond acceptors (Lipinski definition) is 4. The largest absolute Gasteiger partial charge is 0.435 e. The van der Waals surface area contributed by atoms with Crippen molar-refractivity contribution in [3.8, 4) is 5.75 Å². The molecule has 5 nitrogen and oxygen atoms in total. The number of anilines is 1. The van der Waals surface area contributed by atoms with E-state index in [9.17, 15) is 13.6 Å². The highest BCUT2D eigenvalue weighted by molar-refractivity contribution is 6.05. The van der Waals surface area contributed by atoms with Crippen LogP contribution in [-0.2, 0) is 6.42 Å². The number of aryl methyl sites for hydroxylation is 2. The molecular weight excluding hydrogens is 282 g/mol. The molecule has 0 bridgehead atoms. The minimum Gasteiger partial charge on any atom is -0.435 e. The van der Waals surface area contributed by atoms with E-state index < -0.39 is 6.61 Å². The van der Waals surface area contributed by atoms with Crippen LogP contribution in [0, 0.1) is 6.92 Å². The number of nitrogens with one attached hydrogen (secondary N) is 1. The molecule has 0 radical (unpaired) electrons. The molecule has 1 heterocycles. The van der Waals surface area contributed by atoms with Gasteiger partial charge in [0.25, 0.3) is 5.91 Å². The van der Waals surface area contributed by atoms with Crippen LogP contribution < -0.4 is 10.1 Å². The van der Waals surface area contributed by atoms with Crippen molar-refractivity contribution < 1.29 is 22.8 Å². The summed E-state index contributed by atoms with van der Waals surface area (Å²) in [6.07, 6.45) is 0.546. The standard InChI is InChI=1S/C14H14F2N2O3/c1-3-11-12(8(2)18-21-11)13(19)17-9-4-6-10(7-5-9)20-14(15)16/h4-7,14H,3H2,1-2H3,(H,17,19). The summed E-state index contributed by atoms with van der Waals surface area (Å²) in [4.78, 5) is 12.2. The number of aromatic nitrogens is 1. The second-order valence-corrected chi connectivity index (χ2v) is 4.28. The average Bonchev–Trinajstić information content (AvgIpc) is 2.81. The molecule has 1 N–H and O–H groups in total. The fourth-order valence-corrected chi connectivity index (χ4v) is 1.86. The quantitative estimate of drug-likeness (QED) is 0.918. The number of benzene rings is 1. The Morgan fingerprint density at radius 1 is 1.38 bits per heavy atom. The number of carbonyl (C=O) groups excluding carboxylic acids is 1. The van der Waals surface area contributed by atoms with Crippen LogP contribution in [0.3, 0.4) is 0 Å². The third kappa shape index (κ3) is 3.56. The number of ether oxygens (including phenoxy) is 1. The molecule has 1 aromatic heterocycles. The minimum atomic E-state index is -2.88. The van der Waals surface area contributed by atoms with Gasteiger partial charge in [0.15, 0.2) is 0 Å². The fourth-order valence-electron chi connectivity index (χ4n) is 1.86. The molecule has 0 aliphatic heterocycles. The Balaban J connectivity index is 2.10. The number of hydrogen-bond donors (Lipinski definition) is 1. The molecule has 0 fully saturated rings. The van der Waals surface area contributed by atoms with E-state index >= 15 is 0 Å². The van der Waals surface area contributed by atoms with Crippen LogP contribution in [0.25, 0.3) is 0 Å². The van der Waals surface area contributed by atoms with Crippen LogP contribution >= 0.6 is 0 Å². The summed E-state index contributed by atoms with van der Waals surface area (Å²) < 4.78 is 33.4. The van der Waals surface area contributed by atoms with Gasteiger partial charge in [0.2, 0.25) is 0 Å². The van der Waals surface area contributed by atoms with Crippen molar-refractivity contribution in [1.82, 2.24) is 5.16 Å². The predicted octanol–water partition coefficient (Wildman–Crippen LogP) is 3.40. The van der Waals surface area contributed by atoms with E-state index in [-0.39, 0.29) is 11.7 Å². The summed E-state index contributed by atoms with van der Waals surface area (Å²) in [5, 5.41) is 6.42. The Bertz CT molecular complexity index is 624. The smallest absolute Gasteiger partial charge is 0.387 e. The van der Waals surface area contributed by atoms with Gasteiger partial charge in [-0.1, -0.05) is 12.1 Å². The molecule has 2 aromatic rings. The van der Waals surface area contributed by atoms with Crippen molar-refractivity contribution in [1.29, 1.82) is 0 Å². The Hall–Kier alpha value is -2.44. The summed E-state index contributed by atoms with van der Waals surface area (Å²) in [6.45, 7) is 0.655. The highest BCUT2D eigenvalue weighted by Crippen LogP contribution is 2.20. The number of rotatable bonds is 5. The Morgan fingerprint density at radius 3 is 2.62 bits per heavy atom. The lowest BCUT2D eigenvalue weighted by molar-refractivity contribution is -0.0498. The minimum absolute atomic E-state index is 0.0263. The molecular formula is C14H14F2N2O3. The molecule has 21 heavy (non-hydrogen) atoms. The summed E-state index contributed by atoms with van der Waals surface area (Å²) >= 11 is 0. The Morgan fingerprint density at radius 2 is 2.05 bits per heavy atom. The molecule has 112 valence electrons. The zero-order valence-electron chi connectivity index (χ0n) is 11.5. The molecule has 0 unspecified atom stereocenters. The predicted molar refractivity (Wildman–Crippen MR) is 71.6 cm³/mol. The van der Waals surface area contributed by atoms with Gasteiger partial charge in [-0.3, -0.25) is 4.79 Å². The van der Waals surface area contributed by atoms with Crippen molar-refractivity contribution in [2.75, 3.05) is 5.32 Å². The van der Waals surface area contributed by atoms with Crippen molar-refractivity contribution in [2.45, 2.75) is 26.9 Å². The van der Waals surface area contributed by atoms with Gasteiger partial charge in [-0.05, 0) is 31.2 Å². The first-order chi connectivity index (χ1) is 10.0. The monoisotopic (exact) mass is 296 g/mol. The van der Waals surface area contributed by atoms with Crippen LogP contribution in [0.4, 0.5) is 14.5 Å². The normalized spacial score (nSPS) is 10.7. The summed E-state index contributed by atoms with van der Waals surface area (Å²) in [5.41, 5.74) is 1.36. The average molecular weight is 296 g/mol. The van der Waals surface area contributed by atoms with Gasteiger partial charge >= 0.3 is 6.61 Å². The molecule has 7 heteroatoms. The molecule has 0 aliphatic rings. The third-order valence-corrected chi connectivity index (χ3v) is 2.82. The first-order valence-electron chi connectivity index (χ1n) is 6.32. The topological polar surface area (TPSA) is 64.4 Å². The van der Waals surface area contributed by atoms with E-state index in [2.05, 4.69) is 15.2 Å². The number of carbonyl (C=O) groups is 1. The molecule has 0 spiro atoms. The van der Waals surface area contributed by atoms with Gasteiger partial charge in [0, 0.05) is 12.1 Å². The molecule has 0 saturated carbocycles. The Labute approximate surface area is 119 Å². The van der Waals surface area contributed by atoms with Crippen molar-refractivity contribution in [3.63, 3.8) is 0 Å². The zero-order valence-corrected chi connectivity index (χ0v) is 11.5. The van der Waals surface area contributed by atoms with Crippen LogP contribution in [0.5, 0.6) is 5.75 Å². The molecule has 1 aromatic carbocycles. The van der Waals surface area contributed by atoms with Crippen molar-refractivity contribution in [3.05, 3.63) is 41.3 Å². The summed E-state index contributed by atoms with van der Waals surface area (Å²) in [5.74, 6) is 0.175. The van der Waals surface area contributed by atoms with Crippen LogP contribution in [0.15, 0.2) is 28.8 Å². The van der Waals surface area contributed by atoms with Gasteiger partial charge < -0.3 is 14.6 Å². The van der Waals surface area contributed by atoms with E-state index in [1.54, 1.807) is 6.92 Å². The molecule has 0 aliphatic carbocycles. The first-order valence-corrected chi connectivity index (χ1v) is 6.32. The van der Waals surface area contributed by atoms with Gasteiger partial charge in [-0.15, -0.1) is 0 Å². The number of alkyl halides is 2. The lowest BCUT2D eigenvalue weighted by atomic mass is 10.1. The maximum atomic E-state index is 12.2. The molecule has 1 amide bonds. The summed E-state index contributed by atoms with van der Waals surface area (Å²) in [6, 6.07) is 5.65. The fraction of sp³-hybridized carbons (Fsp3) is 0.286. The van der Waals surface area contributed by atoms with E-state index in [0.29, 0.717) is 29.1 Å².